The van der Waals surface area contributed by atoms with Gasteiger partial charge in [-0.1, -0.05) is 32.4 Å². The molecule has 0 nitrogen and oxygen atoms in total. The van der Waals surface area contributed by atoms with E-state index in [-0.39, 0.29) is 0 Å². The summed E-state index contributed by atoms with van der Waals surface area (Å²) in [4.78, 5) is 0. The van der Waals surface area contributed by atoms with E-state index in [1.165, 1.54) is 5.57 Å². The summed E-state index contributed by atoms with van der Waals surface area (Å²) in [6.45, 7) is 15.8. The van der Waals surface area contributed by atoms with Crippen molar-refractivity contribution in [3.8, 4) is 0 Å². The summed E-state index contributed by atoms with van der Waals surface area (Å²) in [6, 6.07) is 0. The van der Waals surface area contributed by atoms with Gasteiger partial charge in [0, 0.05) is 0 Å². The third kappa shape index (κ3) is 12.6. The number of rotatable bonds is 4. The van der Waals surface area contributed by atoms with Crippen molar-refractivity contribution in [3.05, 3.63) is 24.8 Å². The first kappa shape index (κ1) is 13.1. The highest BCUT2D eigenvalue weighted by Gasteiger charge is 1.97. The summed E-state index contributed by atoms with van der Waals surface area (Å²) in [5, 5.41) is 0. The fourth-order valence-corrected chi connectivity index (χ4v) is 0.963. The molecule has 11 heavy (non-hydrogen) atoms. The van der Waals surface area contributed by atoms with E-state index in [1.807, 2.05) is 19.9 Å². The third-order valence-electron chi connectivity index (χ3n) is 1.27. The molecule has 0 amide bonds. The van der Waals surface area contributed by atoms with E-state index in [0.717, 1.165) is 18.8 Å². The second kappa shape index (κ2) is 9.48. The molecule has 0 radical (unpaired) electrons. The molecular formula is C11H22. The van der Waals surface area contributed by atoms with Gasteiger partial charge in [-0.05, 0) is 25.7 Å². The quantitative estimate of drug-likeness (QED) is 0.533. The van der Waals surface area contributed by atoms with E-state index in [9.17, 15) is 0 Å². The van der Waals surface area contributed by atoms with Crippen LogP contribution in [-0.4, -0.2) is 0 Å². The Balaban J connectivity index is 0. The maximum Gasteiger partial charge on any atom is -0.0297 e. The van der Waals surface area contributed by atoms with Gasteiger partial charge in [-0.2, -0.15) is 0 Å². The molecule has 0 aliphatic heterocycles. The SMILES string of the molecule is C=CCC(C)CC(=C)C.CC. The molecule has 1 atom stereocenters. The molecule has 0 aromatic carbocycles. The lowest BCUT2D eigenvalue weighted by molar-refractivity contribution is 0.588. The van der Waals surface area contributed by atoms with Gasteiger partial charge in [0.2, 0.25) is 0 Å². The summed E-state index contributed by atoms with van der Waals surface area (Å²) < 4.78 is 0. The molecule has 0 N–H and O–H groups in total. The number of allylic oxidation sites excluding steroid dienone is 2. The van der Waals surface area contributed by atoms with Crippen molar-refractivity contribution in [3.63, 3.8) is 0 Å². The molecule has 1 unspecified atom stereocenters. The topological polar surface area (TPSA) is 0 Å². The molecule has 0 fully saturated rings. The van der Waals surface area contributed by atoms with Gasteiger partial charge in [0.05, 0.1) is 0 Å². The van der Waals surface area contributed by atoms with Crippen molar-refractivity contribution in [2.45, 2.75) is 40.5 Å². The lowest BCUT2D eigenvalue weighted by atomic mass is 10.0. The van der Waals surface area contributed by atoms with Gasteiger partial charge in [0.25, 0.3) is 0 Å². The molecule has 0 aliphatic rings. The molecule has 66 valence electrons. The third-order valence-corrected chi connectivity index (χ3v) is 1.27. The van der Waals surface area contributed by atoms with Crippen molar-refractivity contribution in [2.24, 2.45) is 5.92 Å². The average molecular weight is 154 g/mol. The first-order chi connectivity index (χ1) is 5.16. The summed E-state index contributed by atoms with van der Waals surface area (Å²) in [6.07, 6.45) is 4.20. The minimum absolute atomic E-state index is 0.722. The van der Waals surface area contributed by atoms with Crippen molar-refractivity contribution >= 4 is 0 Å². The first-order valence-electron chi connectivity index (χ1n) is 4.42. The fourth-order valence-electron chi connectivity index (χ4n) is 0.963. The van der Waals surface area contributed by atoms with Crippen LogP contribution in [0.4, 0.5) is 0 Å². The molecule has 0 aromatic rings. The lowest BCUT2D eigenvalue weighted by Crippen LogP contribution is -1.91. The van der Waals surface area contributed by atoms with Gasteiger partial charge in [-0.25, -0.2) is 0 Å². The standard InChI is InChI=1S/C9H16.C2H6/c1-5-6-9(4)7-8(2)3;1-2/h5,9H,1-2,6-7H2,3-4H3;1-2H3. The average Bonchev–Trinajstić information content (AvgIpc) is 1.91. The van der Waals surface area contributed by atoms with Gasteiger partial charge in [-0.3, -0.25) is 0 Å². The van der Waals surface area contributed by atoms with Crippen LogP contribution in [0.3, 0.4) is 0 Å². The molecule has 0 saturated carbocycles. The summed E-state index contributed by atoms with van der Waals surface area (Å²) >= 11 is 0. The van der Waals surface area contributed by atoms with Crippen molar-refractivity contribution < 1.29 is 0 Å². The molecule has 0 spiro atoms. The van der Waals surface area contributed by atoms with Crippen LogP contribution < -0.4 is 0 Å². The van der Waals surface area contributed by atoms with Gasteiger partial charge in [0.1, 0.15) is 0 Å². The van der Waals surface area contributed by atoms with Crippen LogP contribution in [0.5, 0.6) is 0 Å². The predicted molar refractivity (Wildman–Crippen MR) is 54.8 cm³/mol. The van der Waals surface area contributed by atoms with Crippen molar-refractivity contribution in [1.29, 1.82) is 0 Å². The fraction of sp³-hybridized carbons (Fsp3) is 0.636. The Kier molecular flexibility index (Phi) is 11.3. The molecular weight excluding hydrogens is 132 g/mol. The Labute approximate surface area is 72.0 Å². The van der Waals surface area contributed by atoms with Crippen LogP contribution >= 0.6 is 0 Å². The van der Waals surface area contributed by atoms with Crippen molar-refractivity contribution in [2.75, 3.05) is 0 Å². The second-order valence-corrected chi connectivity index (χ2v) is 2.79. The first-order valence-corrected chi connectivity index (χ1v) is 4.42. The zero-order valence-corrected chi connectivity index (χ0v) is 8.48. The largest absolute Gasteiger partial charge is 0.103 e. The summed E-state index contributed by atoms with van der Waals surface area (Å²) in [7, 11) is 0. The van der Waals surface area contributed by atoms with Gasteiger partial charge >= 0.3 is 0 Å². The zero-order chi connectivity index (χ0) is 9.28. The molecule has 0 aliphatic carbocycles. The highest BCUT2D eigenvalue weighted by atomic mass is 14.0. The minimum Gasteiger partial charge on any atom is -0.103 e. The van der Waals surface area contributed by atoms with Crippen molar-refractivity contribution in [1.82, 2.24) is 0 Å². The van der Waals surface area contributed by atoms with E-state index in [2.05, 4.69) is 27.0 Å². The summed E-state index contributed by atoms with van der Waals surface area (Å²) in [5.74, 6) is 0.722. The molecule has 0 aromatic heterocycles. The smallest absolute Gasteiger partial charge is 0.0297 e. The van der Waals surface area contributed by atoms with Crippen LogP contribution in [0.2, 0.25) is 0 Å². The van der Waals surface area contributed by atoms with Crippen LogP contribution in [0.1, 0.15) is 40.5 Å². The molecule has 0 bridgehead atoms. The Morgan fingerprint density at radius 3 is 2.18 bits per heavy atom. The zero-order valence-electron chi connectivity index (χ0n) is 8.48. The molecule has 0 rings (SSSR count). The predicted octanol–water partition coefficient (Wildman–Crippen LogP) is 4.19. The molecule has 0 heteroatoms. The Bertz CT molecular complexity index is 101. The monoisotopic (exact) mass is 154 g/mol. The lowest BCUT2D eigenvalue weighted by Gasteiger charge is -2.06. The van der Waals surface area contributed by atoms with E-state index >= 15 is 0 Å². The number of hydrogen-bond acceptors (Lipinski definition) is 0. The van der Waals surface area contributed by atoms with Crippen LogP contribution in [0.15, 0.2) is 24.8 Å². The maximum atomic E-state index is 3.84. The Morgan fingerprint density at radius 1 is 1.45 bits per heavy atom. The van der Waals surface area contributed by atoms with E-state index in [4.69, 9.17) is 0 Å². The minimum atomic E-state index is 0.722. The van der Waals surface area contributed by atoms with Crippen LogP contribution in [0, 0.1) is 5.92 Å². The van der Waals surface area contributed by atoms with E-state index in [1.54, 1.807) is 0 Å². The normalized spacial score (nSPS) is 10.9. The van der Waals surface area contributed by atoms with Gasteiger partial charge in [0.15, 0.2) is 0 Å². The maximum absolute atomic E-state index is 3.84. The van der Waals surface area contributed by atoms with Gasteiger partial charge < -0.3 is 0 Å². The van der Waals surface area contributed by atoms with Gasteiger partial charge in [-0.15, -0.1) is 13.2 Å². The highest BCUT2D eigenvalue weighted by Crippen LogP contribution is 2.12. The summed E-state index contributed by atoms with van der Waals surface area (Å²) in [5.41, 5.74) is 1.27. The van der Waals surface area contributed by atoms with Crippen LogP contribution in [0.25, 0.3) is 0 Å². The molecule has 0 saturated heterocycles. The molecule has 0 heterocycles. The highest BCUT2D eigenvalue weighted by molar-refractivity contribution is 4.90. The number of hydrogen-bond donors (Lipinski definition) is 0. The second-order valence-electron chi connectivity index (χ2n) is 2.79. The Morgan fingerprint density at radius 2 is 1.91 bits per heavy atom. The van der Waals surface area contributed by atoms with Crippen LogP contribution in [-0.2, 0) is 0 Å². The van der Waals surface area contributed by atoms with E-state index < -0.39 is 0 Å². The Hall–Kier alpha value is -0.520. The van der Waals surface area contributed by atoms with E-state index in [0.29, 0.717) is 0 Å².